The number of thiophene rings is 1. The zero-order chi connectivity index (χ0) is 20.7. The lowest BCUT2D eigenvalue weighted by atomic mass is 10.1. The van der Waals surface area contributed by atoms with E-state index in [1.165, 1.54) is 0 Å². The molecule has 0 bridgehead atoms. The Hall–Kier alpha value is -1.77. The van der Waals surface area contributed by atoms with E-state index in [1.54, 1.807) is 51.1 Å². The Balaban J connectivity index is 2.53. The summed E-state index contributed by atoms with van der Waals surface area (Å²) >= 11 is 6.36. The van der Waals surface area contributed by atoms with Gasteiger partial charge in [0, 0.05) is 5.56 Å². The van der Waals surface area contributed by atoms with Gasteiger partial charge in [-0.2, -0.15) is 0 Å². The number of carbonyl (C=O) groups is 2. The van der Waals surface area contributed by atoms with E-state index < -0.39 is 24.1 Å². The lowest BCUT2D eigenvalue weighted by molar-refractivity contribution is 0.0525. The minimum Gasteiger partial charge on any atom is -0.505 e. The number of hydrogen-bond acceptors (Lipinski definition) is 8. The quantitative estimate of drug-likeness (QED) is 0.313. The molecule has 0 aliphatic rings. The molecule has 1 heterocycles. The van der Waals surface area contributed by atoms with E-state index in [-0.39, 0.29) is 22.0 Å². The van der Waals surface area contributed by atoms with Crippen LogP contribution >= 0.6 is 18.0 Å². The van der Waals surface area contributed by atoms with Crippen LogP contribution in [0.4, 0.5) is 5.00 Å². The van der Waals surface area contributed by atoms with E-state index in [4.69, 9.17) is 25.6 Å². The molecule has 0 fully saturated rings. The molecule has 0 radical (unpaired) electrons. The summed E-state index contributed by atoms with van der Waals surface area (Å²) < 4.78 is 16.1. The Morgan fingerprint density at radius 1 is 1.11 bits per heavy atom. The van der Waals surface area contributed by atoms with Gasteiger partial charge in [0.1, 0.15) is 15.4 Å². The van der Waals surface area contributed by atoms with Crippen molar-refractivity contribution in [2.45, 2.75) is 20.8 Å². The third kappa shape index (κ3) is 5.18. The summed E-state index contributed by atoms with van der Waals surface area (Å²) in [5.41, 5.74) is 0.231. The van der Waals surface area contributed by atoms with Crippen molar-refractivity contribution in [2.75, 3.05) is 24.9 Å². The van der Waals surface area contributed by atoms with Gasteiger partial charge in [-0.25, -0.2) is 4.79 Å². The maximum Gasteiger partial charge on any atom is 0.344 e. The highest BCUT2D eigenvalue weighted by Crippen LogP contribution is 2.52. The van der Waals surface area contributed by atoms with Crippen molar-refractivity contribution in [2.24, 2.45) is 0 Å². The van der Waals surface area contributed by atoms with Gasteiger partial charge in [-0.1, -0.05) is 30.3 Å². The number of ketones is 1. The summed E-state index contributed by atoms with van der Waals surface area (Å²) in [6.45, 7) is 2.92. The number of carbonyl (C=O) groups excluding carboxylic acids is 2. The molecule has 0 aliphatic heterocycles. The van der Waals surface area contributed by atoms with Crippen LogP contribution in [0.1, 0.15) is 46.4 Å². The number of aromatic hydroxyl groups is 1. The first kappa shape index (κ1) is 22.5. The topological polar surface area (TPSA) is 94.1 Å². The molecule has 2 aromatic rings. The largest absolute Gasteiger partial charge is 0.505 e. The van der Waals surface area contributed by atoms with Crippen LogP contribution in [0.2, 0.25) is 0 Å². The molecule has 0 spiro atoms. The summed E-state index contributed by atoms with van der Waals surface area (Å²) in [5, 5.41) is 13.7. The lowest BCUT2D eigenvalue weighted by Gasteiger charge is -2.22. The SMILES string of the molecule is CCOC(=O)c1c(NP(=S)(OCC)OCC)sc(C(=O)c2ccccc2)c1O. The van der Waals surface area contributed by atoms with Crippen molar-refractivity contribution in [1.29, 1.82) is 0 Å². The van der Waals surface area contributed by atoms with E-state index in [0.717, 1.165) is 11.3 Å². The van der Waals surface area contributed by atoms with E-state index in [9.17, 15) is 14.7 Å². The van der Waals surface area contributed by atoms with Gasteiger partial charge >= 0.3 is 5.97 Å². The molecular formula is C18H22NO6PS2. The van der Waals surface area contributed by atoms with Crippen LogP contribution in [-0.2, 0) is 25.6 Å². The average molecular weight is 443 g/mol. The second-order valence-electron chi connectivity index (χ2n) is 5.34. The fourth-order valence-electron chi connectivity index (χ4n) is 2.33. The number of nitrogens with one attached hydrogen (secondary N) is 1. The van der Waals surface area contributed by atoms with Crippen LogP contribution in [-0.4, -0.2) is 36.7 Å². The second-order valence-corrected chi connectivity index (χ2v) is 9.54. The van der Waals surface area contributed by atoms with Gasteiger partial charge in [0.25, 0.3) is 6.64 Å². The summed E-state index contributed by atoms with van der Waals surface area (Å²) in [6, 6.07) is 8.47. The van der Waals surface area contributed by atoms with Crippen molar-refractivity contribution in [1.82, 2.24) is 0 Å². The zero-order valence-electron chi connectivity index (χ0n) is 15.8. The van der Waals surface area contributed by atoms with Crippen molar-refractivity contribution in [3.8, 4) is 5.75 Å². The molecule has 0 saturated carbocycles. The average Bonchev–Trinajstić information content (AvgIpc) is 2.98. The first-order valence-corrected chi connectivity index (χ1v) is 12.1. The number of hydrogen-bond donors (Lipinski definition) is 2. The summed E-state index contributed by atoms with van der Waals surface area (Å²) in [5.74, 6) is -1.63. The standard InChI is InChI=1S/C18H22NO6PS2/c1-4-23-18(22)13-15(21)16(14(20)12-10-8-7-9-11-12)28-17(13)19-26(27,24-5-2)25-6-3/h7-11,21H,4-6H2,1-3H3,(H,19,27). The minimum atomic E-state index is -2.97. The zero-order valence-corrected chi connectivity index (χ0v) is 18.3. The van der Waals surface area contributed by atoms with Crippen molar-refractivity contribution in [3.05, 3.63) is 46.3 Å². The molecule has 0 unspecified atom stereocenters. The van der Waals surface area contributed by atoms with Gasteiger partial charge in [0.15, 0.2) is 5.75 Å². The molecule has 1 aromatic carbocycles. The van der Waals surface area contributed by atoms with Crippen LogP contribution in [0, 0.1) is 0 Å². The Morgan fingerprint density at radius 2 is 1.71 bits per heavy atom. The smallest absolute Gasteiger partial charge is 0.344 e. The number of esters is 1. The number of ether oxygens (including phenoxy) is 1. The van der Waals surface area contributed by atoms with Crippen LogP contribution in [0.3, 0.4) is 0 Å². The summed E-state index contributed by atoms with van der Waals surface area (Å²) in [4.78, 5) is 25.3. The van der Waals surface area contributed by atoms with Crippen LogP contribution < -0.4 is 5.09 Å². The van der Waals surface area contributed by atoms with Crippen molar-refractivity contribution >= 4 is 46.5 Å². The maximum absolute atomic E-state index is 12.8. The molecule has 7 nitrogen and oxygen atoms in total. The van der Waals surface area contributed by atoms with Crippen LogP contribution in [0.15, 0.2) is 30.3 Å². The summed E-state index contributed by atoms with van der Waals surface area (Å²) in [6.07, 6.45) is 0. The monoisotopic (exact) mass is 443 g/mol. The van der Waals surface area contributed by atoms with Gasteiger partial charge in [-0.15, -0.1) is 11.3 Å². The molecule has 0 saturated heterocycles. The molecule has 0 aliphatic carbocycles. The lowest BCUT2D eigenvalue weighted by Crippen LogP contribution is -2.09. The summed E-state index contributed by atoms with van der Waals surface area (Å²) in [7, 11) is 0. The van der Waals surface area contributed by atoms with Gasteiger partial charge in [-0.05, 0) is 32.6 Å². The Morgan fingerprint density at radius 3 is 2.25 bits per heavy atom. The normalized spacial score (nSPS) is 11.2. The highest BCUT2D eigenvalue weighted by atomic mass is 32.5. The second kappa shape index (κ2) is 10.1. The first-order chi connectivity index (χ1) is 13.4. The molecule has 10 heteroatoms. The third-order valence-corrected chi connectivity index (χ3v) is 7.29. The molecule has 0 atom stereocenters. The number of rotatable bonds is 10. The van der Waals surface area contributed by atoms with Crippen molar-refractivity contribution < 1.29 is 28.5 Å². The highest BCUT2D eigenvalue weighted by Gasteiger charge is 2.31. The Labute approximate surface area is 172 Å². The van der Waals surface area contributed by atoms with E-state index >= 15 is 0 Å². The minimum absolute atomic E-state index is 0.00583. The molecule has 1 aromatic heterocycles. The van der Waals surface area contributed by atoms with Gasteiger partial charge in [-0.3, -0.25) is 4.79 Å². The molecule has 152 valence electrons. The van der Waals surface area contributed by atoms with E-state index in [0.29, 0.717) is 18.8 Å². The molecule has 28 heavy (non-hydrogen) atoms. The van der Waals surface area contributed by atoms with Crippen molar-refractivity contribution in [3.63, 3.8) is 0 Å². The molecule has 2 N–H and O–H groups in total. The Kier molecular flexibility index (Phi) is 8.15. The fourth-order valence-corrected chi connectivity index (χ4v) is 6.10. The number of anilines is 1. The van der Waals surface area contributed by atoms with Crippen LogP contribution in [0.5, 0.6) is 5.75 Å². The van der Waals surface area contributed by atoms with E-state index in [2.05, 4.69) is 5.09 Å². The molecule has 0 amide bonds. The first-order valence-electron chi connectivity index (χ1n) is 8.66. The van der Waals surface area contributed by atoms with E-state index in [1.807, 2.05) is 0 Å². The predicted octanol–water partition coefficient (Wildman–Crippen LogP) is 4.57. The highest BCUT2D eigenvalue weighted by molar-refractivity contribution is 8.10. The number of benzene rings is 1. The maximum atomic E-state index is 12.8. The van der Waals surface area contributed by atoms with Crippen LogP contribution in [0.25, 0.3) is 0 Å². The van der Waals surface area contributed by atoms with Gasteiger partial charge in [0.05, 0.1) is 19.8 Å². The molecule has 2 rings (SSSR count). The predicted molar refractivity (Wildman–Crippen MR) is 113 cm³/mol. The van der Waals surface area contributed by atoms with Gasteiger partial charge < -0.3 is 24.0 Å². The Bertz CT molecular complexity index is 874. The molecular weight excluding hydrogens is 421 g/mol. The van der Waals surface area contributed by atoms with Gasteiger partial charge in [0.2, 0.25) is 5.78 Å². The fraction of sp³-hybridized carbons (Fsp3) is 0.333. The third-order valence-electron chi connectivity index (χ3n) is 3.44.